The van der Waals surface area contributed by atoms with Gasteiger partial charge in [-0.15, -0.1) is 0 Å². The second kappa shape index (κ2) is 5.33. The molecule has 0 radical (unpaired) electrons. The molecule has 0 saturated heterocycles. The van der Waals surface area contributed by atoms with Crippen LogP contribution in [0.15, 0.2) is 40.8 Å². The topological polar surface area (TPSA) is 51.0 Å². The Morgan fingerprint density at radius 3 is 2.80 bits per heavy atom. The molecule has 0 amide bonds. The first-order chi connectivity index (χ1) is 9.76. The fraction of sp³-hybridized carbons (Fsp3) is 0.250. The van der Waals surface area contributed by atoms with Crippen LogP contribution in [0.4, 0.5) is 5.82 Å². The number of nitrogens with zero attached hydrogens (tertiary/aromatic N) is 2. The number of aryl methyl sites for hydroxylation is 1. The molecule has 1 aromatic carbocycles. The number of furan rings is 1. The largest absolute Gasteiger partial charge is 0.453 e. The van der Waals surface area contributed by atoms with Crippen molar-refractivity contribution in [2.75, 3.05) is 11.9 Å². The van der Waals surface area contributed by atoms with Crippen molar-refractivity contribution in [2.24, 2.45) is 0 Å². The molecular formula is C16H17N3O. The Balaban J connectivity index is 2.01. The second-order valence-electron chi connectivity index (χ2n) is 4.79. The average Bonchev–Trinajstić information content (AvgIpc) is 2.88. The minimum absolute atomic E-state index is 0.625. The van der Waals surface area contributed by atoms with Gasteiger partial charge in [-0.05, 0) is 25.5 Å². The van der Waals surface area contributed by atoms with E-state index in [0.717, 1.165) is 35.4 Å². The first kappa shape index (κ1) is 12.7. The standard InChI is InChI=1S/C16H17N3O/c1-3-8-17-15-9-11(2)18-16(19-15)14-10-12-6-4-5-7-13(12)20-14/h4-7,9-10H,3,8H2,1-2H3,(H,17,18,19). The molecule has 102 valence electrons. The van der Waals surface area contributed by atoms with E-state index in [9.17, 15) is 0 Å². The molecule has 2 heterocycles. The van der Waals surface area contributed by atoms with Crippen LogP contribution in [0.25, 0.3) is 22.6 Å². The normalized spacial score (nSPS) is 10.9. The van der Waals surface area contributed by atoms with Crippen LogP contribution in [0.2, 0.25) is 0 Å². The zero-order chi connectivity index (χ0) is 13.9. The van der Waals surface area contributed by atoms with Crippen LogP contribution in [-0.2, 0) is 0 Å². The van der Waals surface area contributed by atoms with Crippen molar-refractivity contribution in [3.8, 4) is 11.6 Å². The lowest BCUT2D eigenvalue weighted by Gasteiger charge is -2.06. The fourth-order valence-electron chi connectivity index (χ4n) is 2.11. The molecule has 0 fully saturated rings. The zero-order valence-electron chi connectivity index (χ0n) is 11.7. The number of nitrogens with one attached hydrogen (secondary N) is 1. The molecule has 0 unspecified atom stereocenters. The van der Waals surface area contributed by atoms with E-state index in [2.05, 4.69) is 22.2 Å². The van der Waals surface area contributed by atoms with Gasteiger partial charge in [0.2, 0.25) is 0 Å². The molecule has 0 aliphatic heterocycles. The third-order valence-corrected chi connectivity index (χ3v) is 3.06. The van der Waals surface area contributed by atoms with E-state index in [0.29, 0.717) is 11.6 Å². The Labute approximate surface area is 117 Å². The van der Waals surface area contributed by atoms with Gasteiger partial charge in [0.25, 0.3) is 0 Å². The third kappa shape index (κ3) is 2.50. The second-order valence-corrected chi connectivity index (χ2v) is 4.79. The average molecular weight is 267 g/mol. The Hall–Kier alpha value is -2.36. The lowest BCUT2D eigenvalue weighted by Crippen LogP contribution is -2.04. The van der Waals surface area contributed by atoms with E-state index in [-0.39, 0.29) is 0 Å². The van der Waals surface area contributed by atoms with Gasteiger partial charge in [0.15, 0.2) is 11.6 Å². The number of para-hydroxylation sites is 1. The van der Waals surface area contributed by atoms with Crippen molar-refractivity contribution >= 4 is 16.8 Å². The van der Waals surface area contributed by atoms with Gasteiger partial charge in [0.1, 0.15) is 11.4 Å². The van der Waals surface area contributed by atoms with Crippen molar-refractivity contribution in [3.05, 3.63) is 42.1 Å². The third-order valence-electron chi connectivity index (χ3n) is 3.06. The molecule has 4 nitrogen and oxygen atoms in total. The predicted molar refractivity (Wildman–Crippen MR) is 80.8 cm³/mol. The number of benzene rings is 1. The summed E-state index contributed by atoms with van der Waals surface area (Å²) in [6.45, 7) is 4.99. The molecule has 20 heavy (non-hydrogen) atoms. The Morgan fingerprint density at radius 2 is 2.00 bits per heavy atom. The van der Waals surface area contributed by atoms with Gasteiger partial charge < -0.3 is 9.73 Å². The molecule has 0 aliphatic rings. The van der Waals surface area contributed by atoms with E-state index in [1.807, 2.05) is 43.3 Å². The fourth-order valence-corrected chi connectivity index (χ4v) is 2.11. The van der Waals surface area contributed by atoms with Crippen LogP contribution >= 0.6 is 0 Å². The van der Waals surface area contributed by atoms with Crippen LogP contribution in [0.1, 0.15) is 19.0 Å². The highest BCUT2D eigenvalue weighted by Crippen LogP contribution is 2.26. The summed E-state index contributed by atoms with van der Waals surface area (Å²) in [7, 11) is 0. The van der Waals surface area contributed by atoms with Gasteiger partial charge in [-0.1, -0.05) is 25.1 Å². The van der Waals surface area contributed by atoms with Crippen LogP contribution < -0.4 is 5.32 Å². The Morgan fingerprint density at radius 1 is 1.15 bits per heavy atom. The van der Waals surface area contributed by atoms with E-state index in [4.69, 9.17) is 4.42 Å². The first-order valence-corrected chi connectivity index (χ1v) is 6.85. The molecule has 0 atom stereocenters. The lowest BCUT2D eigenvalue weighted by atomic mass is 10.2. The maximum atomic E-state index is 5.82. The van der Waals surface area contributed by atoms with Crippen LogP contribution in [-0.4, -0.2) is 16.5 Å². The van der Waals surface area contributed by atoms with Crippen molar-refractivity contribution in [1.82, 2.24) is 9.97 Å². The van der Waals surface area contributed by atoms with Crippen molar-refractivity contribution in [3.63, 3.8) is 0 Å². The highest BCUT2D eigenvalue weighted by molar-refractivity contribution is 5.81. The number of hydrogen-bond acceptors (Lipinski definition) is 4. The number of fused-ring (bicyclic) bond motifs is 1. The van der Waals surface area contributed by atoms with Crippen molar-refractivity contribution in [2.45, 2.75) is 20.3 Å². The van der Waals surface area contributed by atoms with E-state index >= 15 is 0 Å². The van der Waals surface area contributed by atoms with Crippen LogP contribution in [0.5, 0.6) is 0 Å². The smallest absolute Gasteiger partial charge is 0.197 e. The highest BCUT2D eigenvalue weighted by atomic mass is 16.3. The quantitative estimate of drug-likeness (QED) is 0.775. The summed E-state index contributed by atoms with van der Waals surface area (Å²) in [6.07, 6.45) is 1.06. The summed E-state index contributed by atoms with van der Waals surface area (Å²) in [5, 5.41) is 4.35. The molecular weight excluding hydrogens is 250 g/mol. The molecule has 4 heteroatoms. The van der Waals surface area contributed by atoms with Crippen molar-refractivity contribution in [1.29, 1.82) is 0 Å². The van der Waals surface area contributed by atoms with Gasteiger partial charge in [-0.3, -0.25) is 0 Å². The van der Waals surface area contributed by atoms with E-state index in [1.165, 1.54) is 0 Å². The molecule has 0 aliphatic carbocycles. The Kier molecular flexibility index (Phi) is 3.37. The maximum absolute atomic E-state index is 5.82. The van der Waals surface area contributed by atoms with Crippen molar-refractivity contribution < 1.29 is 4.42 Å². The summed E-state index contributed by atoms with van der Waals surface area (Å²) < 4.78 is 5.82. The Bertz CT molecular complexity index is 700. The first-order valence-electron chi connectivity index (χ1n) is 6.85. The van der Waals surface area contributed by atoms with Gasteiger partial charge in [-0.25, -0.2) is 9.97 Å². The molecule has 1 N–H and O–H groups in total. The summed E-state index contributed by atoms with van der Waals surface area (Å²) in [6, 6.07) is 11.8. The SMILES string of the molecule is CCCNc1cc(C)nc(-c2cc3ccccc3o2)n1. The molecule has 0 spiro atoms. The molecule has 2 aromatic heterocycles. The maximum Gasteiger partial charge on any atom is 0.197 e. The molecule has 3 rings (SSSR count). The zero-order valence-corrected chi connectivity index (χ0v) is 11.7. The van der Waals surface area contributed by atoms with Gasteiger partial charge in [0, 0.05) is 23.7 Å². The van der Waals surface area contributed by atoms with Crippen LogP contribution in [0.3, 0.4) is 0 Å². The number of rotatable bonds is 4. The summed E-state index contributed by atoms with van der Waals surface area (Å²) in [5.74, 6) is 2.17. The predicted octanol–water partition coefficient (Wildman–Crippen LogP) is 4.02. The number of anilines is 1. The minimum Gasteiger partial charge on any atom is -0.453 e. The summed E-state index contributed by atoms with van der Waals surface area (Å²) in [5.41, 5.74) is 1.78. The number of aromatic nitrogens is 2. The van der Waals surface area contributed by atoms with E-state index < -0.39 is 0 Å². The number of hydrogen-bond donors (Lipinski definition) is 1. The summed E-state index contributed by atoms with van der Waals surface area (Å²) >= 11 is 0. The van der Waals surface area contributed by atoms with Gasteiger partial charge in [-0.2, -0.15) is 0 Å². The van der Waals surface area contributed by atoms with E-state index in [1.54, 1.807) is 0 Å². The highest BCUT2D eigenvalue weighted by Gasteiger charge is 2.10. The summed E-state index contributed by atoms with van der Waals surface area (Å²) in [4.78, 5) is 8.98. The molecule has 3 aromatic rings. The lowest BCUT2D eigenvalue weighted by molar-refractivity contribution is 0.625. The molecule has 0 bridgehead atoms. The minimum atomic E-state index is 0.625. The van der Waals surface area contributed by atoms with Gasteiger partial charge >= 0.3 is 0 Å². The monoisotopic (exact) mass is 267 g/mol. The van der Waals surface area contributed by atoms with Crippen LogP contribution in [0, 0.1) is 6.92 Å². The molecule has 0 saturated carbocycles. The van der Waals surface area contributed by atoms with Gasteiger partial charge in [0.05, 0.1) is 0 Å².